The Morgan fingerprint density at radius 2 is 1.47 bits per heavy atom. The van der Waals surface area contributed by atoms with Gasteiger partial charge in [-0.25, -0.2) is 0 Å². The van der Waals surface area contributed by atoms with E-state index in [1.54, 1.807) is 36.4 Å². The lowest BCUT2D eigenvalue weighted by Gasteiger charge is -2.12. The van der Waals surface area contributed by atoms with Gasteiger partial charge in [0.15, 0.2) is 0 Å². The minimum absolute atomic E-state index is 0.196. The Hall–Kier alpha value is -3.61. The normalized spacial score (nSPS) is 10.7. The van der Waals surface area contributed by atoms with Crippen molar-refractivity contribution in [2.24, 2.45) is 0 Å². The first-order valence-corrected chi connectivity index (χ1v) is 10.8. The molecule has 1 aromatic heterocycles. The molecule has 0 atom stereocenters. The average Bonchev–Trinajstić information content (AvgIpc) is 3.05. The summed E-state index contributed by atoms with van der Waals surface area (Å²) in [6.07, 6.45) is 2.13. The van der Waals surface area contributed by atoms with Crippen LogP contribution in [0.15, 0.2) is 48.5 Å². The summed E-state index contributed by atoms with van der Waals surface area (Å²) in [5.41, 5.74) is 5.25. The zero-order valence-electron chi connectivity index (χ0n) is 19.4. The Balaban J connectivity index is 1.64. The molecule has 2 amide bonds. The number of unbranched alkanes of at least 4 members (excludes halogenated alkanes) is 1. The van der Waals surface area contributed by atoms with E-state index in [2.05, 4.69) is 22.7 Å². The van der Waals surface area contributed by atoms with Crippen molar-refractivity contribution < 1.29 is 9.59 Å². The first-order chi connectivity index (χ1) is 15.3. The van der Waals surface area contributed by atoms with Crippen molar-refractivity contribution in [3.63, 3.8) is 0 Å². The van der Waals surface area contributed by atoms with Gasteiger partial charge < -0.3 is 15.5 Å². The predicted molar refractivity (Wildman–Crippen MR) is 130 cm³/mol. The van der Waals surface area contributed by atoms with Crippen LogP contribution < -0.4 is 15.5 Å². The highest BCUT2D eigenvalue weighted by molar-refractivity contribution is 6.06. The molecule has 0 fully saturated rings. The number of nitrogens with one attached hydrogen (secondary N) is 2. The quantitative estimate of drug-likeness (QED) is 0.531. The highest BCUT2D eigenvalue weighted by Gasteiger charge is 2.15. The van der Waals surface area contributed by atoms with Gasteiger partial charge in [0, 0.05) is 43.1 Å². The van der Waals surface area contributed by atoms with E-state index >= 15 is 0 Å². The molecule has 7 heteroatoms. The Bertz CT molecular complexity index is 1080. The van der Waals surface area contributed by atoms with Crippen LogP contribution in [0.2, 0.25) is 0 Å². The van der Waals surface area contributed by atoms with Crippen LogP contribution in [0.1, 0.15) is 51.9 Å². The number of hydrogen-bond donors (Lipinski definition) is 2. The topological polar surface area (TPSA) is 79.3 Å². The van der Waals surface area contributed by atoms with E-state index in [0.29, 0.717) is 16.8 Å². The molecule has 0 bridgehead atoms. The maximum atomic E-state index is 12.7. The van der Waals surface area contributed by atoms with Gasteiger partial charge in [-0.3, -0.25) is 14.3 Å². The molecule has 2 N–H and O–H groups in total. The molecule has 0 radical (unpaired) electrons. The molecular weight excluding hydrogens is 402 g/mol. The molecule has 1 heterocycles. The van der Waals surface area contributed by atoms with Crippen LogP contribution in [-0.4, -0.2) is 35.7 Å². The highest BCUT2D eigenvalue weighted by Crippen LogP contribution is 2.21. The molecule has 168 valence electrons. The Morgan fingerprint density at radius 1 is 0.906 bits per heavy atom. The van der Waals surface area contributed by atoms with E-state index < -0.39 is 0 Å². The minimum atomic E-state index is -0.205. The van der Waals surface area contributed by atoms with Crippen LogP contribution in [0.25, 0.3) is 0 Å². The molecule has 2 aromatic carbocycles. The number of benzene rings is 2. The van der Waals surface area contributed by atoms with E-state index in [4.69, 9.17) is 0 Å². The molecular formula is C25H31N5O2. The maximum Gasteiger partial charge on any atom is 0.255 e. The molecule has 0 aliphatic carbocycles. The number of nitrogens with zero attached hydrogens (tertiary/aromatic N) is 3. The van der Waals surface area contributed by atoms with Crippen molar-refractivity contribution >= 4 is 28.9 Å². The first kappa shape index (κ1) is 23.1. The van der Waals surface area contributed by atoms with Gasteiger partial charge in [-0.05, 0) is 68.8 Å². The highest BCUT2D eigenvalue weighted by atomic mass is 16.2. The zero-order valence-corrected chi connectivity index (χ0v) is 19.4. The number of aryl methyl sites for hydroxylation is 2. The number of aromatic nitrogens is 2. The Labute approximate surface area is 189 Å². The van der Waals surface area contributed by atoms with Gasteiger partial charge in [0.2, 0.25) is 0 Å². The van der Waals surface area contributed by atoms with Crippen molar-refractivity contribution in [2.45, 2.75) is 40.2 Å². The van der Waals surface area contributed by atoms with Gasteiger partial charge in [0.05, 0.1) is 17.1 Å². The summed E-state index contributed by atoms with van der Waals surface area (Å²) in [6.45, 7) is 6.84. The number of anilines is 3. The smallest absolute Gasteiger partial charge is 0.255 e. The summed E-state index contributed by atoms with van der Waals surface area (Å²) in [6, 6.07) is 14.2. The fourth-order valence-corrected chi connectivity index (χ4v) is 3.41. The lowest BCUT2D eigenvalue weighted by molar-refractivity contribution is 0.102. The number of amides is 2. The van der Waals surface area contributed by atoms with Crippen LogP contribution in [0.4, 0.5) is 17.1 Å². The Morgan fingerprint density at radius 3 is 2.03 bits per heavy atom. The molecule has 0 spiro atoms. The number of carbonyl (C=O) groups is 2. The summed E-state index contributed by atoms with van der Waals surface area (Å²) in [4.78, 5) is 27.2. The van der Waals surface area contributed by atoms with Crippen LogP contribution in [0, 0.1) is 13.8 Å². The third-order valence-electron chi connectivity index (χ3n) is 5.39. The van der Waals surface area contributed by atoms with Crippen molar-refractivity contribution in [1.29, 1.82) is 0 Å². The second kappa shape index (κ2) is 10.1. The SMILES string of the molecule is CCCCn1nc(C)c(NC(=O)c2ccc(NC(=O)c3ccc(N(C)C)cc3)cc2)c1C. The summed E-state index contributed by atoms with van der Waals surface area (Å²) in [5, 5.41) is 10.4. The van der Waals surface area contributed by atoms with E-state index in [1.807, 2.05) is 49.7 Å². The summed E-state index contributed by atoms with van der Waals surface area (Å²) >= 11 is 0. The third kappa shape index (κ3) is 5.35. The number of hydrogen-bond acceptors (Lipinski definition) is 4. The molecule has 7 nitrogen and oxygen atoms in total. The van der Waals surface area contributed by atoms with Gasteiger partial charge >= 0.3 is 0 Å². The molecule has 0 unspecified atom stereocenters. The van der Waals surface area contributed by atoms with Crippen LogP contribution in [0.5, 0.6) is 0 Å². The largest absolute Gasteiger partial charge is 0.378 e. The van der Waals surface area contributed by atoms with E-state index in [1.165, 1.54) is 0 Å². The maximum absolute atomic E-state index is 12.7. The Kier molecular flexibility index (Phi) is 7.30. The number of rotatable bonds is 8. The van der Waals surface area contributed by atoms with Gasteiger partial charge in [-0.2, -0.15) is 5.10 Å². The van der Waals surface area contributed by atoms with Gasteiger partial charge in [0.25, 0.3) is 11.8 Å². The fourth-order valence-electron chi connectivity index (χ4n) is 3.41. The third-order valence-corrected chi connectivity index (χ3v) is 5.39. The van der Waals surface area contributed by atoms with E-state index in [-0.39, 0.29) is 11.8 Å². The van der Waals surface area contributed by atoms with Gasteiger partial charge in [-0.1, -0.05) is 13.3 Å². The van der Waals surface area contributed by atoms with Crippen molar-refractivity contribution in [1.82, 2.24) is 9.78 Å². The second-order valence-corrected chi connectivity index (χ2v) is 8.05. The summed E-state index contributed by atoms with van der Waals surface area (Å²) in [7, 11) is 3.90. The molecule has 3 rings (SSSR count). The standard InChI is InChI=1S/C25H31N5O2/c1-6-7-16-30-18(3)23(17(2)28-30)27-25(32)19-8-12-21(13-9-19)26-24(31)20-10-14-22(15-11-20)29(4)5/h8-15H,6-7,16H2,1-5H3,(H,26,31)(H,27,32). The monoisotopic (exact) mass is 433 g/mol. The molecule has 32 heavy (non-hydrogen) atoms. The lowest BCUT2D eigenvalue weighted by Crippen LogP contribution is -2.15. The second-order valence-electron chi connectivity index (χ2n) is 8.05. The average molecular weight is 434 g/mol. The molecule has 0 aliphatic heterocycles. The van der Waals surface area contributed by atoms with Crippen LogP contribution >= 0.6 is 0 Å². The molecule has 0 aliphatic rings. The van der Waals surface area contributed by atoms with Crippen molar-refractivity contribution in [3.05, 3.63) is 71.0 Å². The predicted octanol–water partition coefficient (Wildman–Crippen LogP) is 4.87. The van der Waals surface area contributed by atoms with E-state index in [9.17, 15) is 9.59 Å². The molecule has 0 saturated heterocycles. The van der Waals surface area contributed by atoms with Crippen molar-refractivity contribution in [2.75, 3.05) is 29.6 Å². The van der Waals surface area contributed by atoms with Crippen molar-refractivity contribution in [3.8, 4) is 0 Å². The van der Waals surface area contributed by atoms with Crippen LogP contribution in [-0.2, 0) is 6.54 Å². The first-order valence-electron chi connectivity index (χ1n) is 10.8. The minimum Gasteiger partial charge on any atom is -0.378 e. The summed E-state index contributed by atoms with van der Waals surface area (Å²) < 4.78 is 1.94. The summed E-state index contributed by atoms with van der Waals surface area (Å²) in [5.74, 6) is -0.401. The van der Waals surface area contributed by atoms with E-state index in [0.717, 1.165) is 42.1 Å². The van der Waals surface area contributed by atoms with Gasteiger partial charge in [0.1, 0.15) is 0 Å². The number of carbonyl (C=O) groups excluding carboxylic acids is 2. The molecule has 0 saturated carbocycles. The molecule has 3 aromatic rings. The fraction of sp³-hybridized carbons (Fsp3) is 0.320. The van der Waals surface area contributed by atoms with Gasteiger partial charge in [-0.15, -0.1) is 0 Å². The zero-order chi connectivity index (χ0) is 23.3. The van der Waals surface area contributed by atoms with Crippen LogP contribution in [0.3, 0.4) is 0 Å². The lowest BCUT2D eigenvalue weighted by atomic mass is 10.1.